The summed E-state index contributed by atoms with van der Waals surface area (Å²) < 4.78 is 16.0. The highest BCUT2D eigenvalue weighted by atomic mass is 35.5. The van der Waals surface area contributed by atoms with Crippen molar-refractivity contribution in [2.24, 2.45) is 0 Å². The summed E-state index contributed by atoms with van der Waals surface area (Å²) in [6.45, 7) is -0.161. The first kappa shape index (κ1) is 16.4. The minimum Gasteiger partial charge on any atom is -0.459 e. The average molecular weight is 367 g/mol. The molecule has 0 aliphatic heterocycles. The average Bonchev–Trinajstić information content (AvgIpc) is 3.30. The molecule has 0 saturated carbocycles. The number of esters is 1. The maximum absolute atomic E-state index is 11.9. The standard InChI is InChI=1S/C15H11ClN2O5S/c16-12-5-4-11(24-12)9(19)3-6-14(20)22-8-13-17-18-15(23-13)10-2-1-7-21-10/h1-2,4-5,7H,3,6,8H2. The molecule has 3 heterocycles. The maximum atomic E-state index is 11.9. The Bertz CT molecular complexity index is 840. The van der Waals surface area contributed by atoms with Crippen LogP contribution >= 0.6 is 22.9 Å². The molecular weight excluding hydrogens is 356 g/mol. The van der Waals surface area contributed by atoms with Gasteiger partial charge in [0.2, 0.25) is 0 Å². The van der Waals surface area contributed by atoms with E-state index in [-0.39, 0.29) is 37.0 Å². The summed E-state index contributed by atoms with van der Waals surface area (Å²) >= 11 is 6.95. The highest BCUT2D eigenvalue weighted by molar-refractivity contribution is 7.18. The number of rotatable bonds is 7. The van der Waals surface area contributed by atoms with E-state index in [4.69, 9.17) is 25.2 Å². The molecule has 0 spiro atoms. The lowest BCUT2D eigenvalue weighted by molar-refractivity contribution is -0.145. The van der Waals surface area contributed by atoms with Gasteiger partial charge in [0.05, 0.1) is 21.9 Å². The van der Waals surface area contributed by atoms with Crippen LogP contribution in [0.1, 0.15) is 28.4 Å². The van der Waals surface area contributed by atoms with Gasteiger partial charge in [-0.1, -0.05) is 11.6 Å². The van der Waals surface area contributed by atoms with Gasteiger partial charge in [-0.25, -0.2) is 0 Å². The number of Topliss-reactive ketones (excluding diaryl/α,β-unsaturated/α-hetero) is 1. The van der Waals surface area contributed by atoms with Crippen molar-refractivity contribution < 1.29 is 23.2 Å². The molecule has 24 heavy (non-hydrogen) atoms. The summed E-state index contributed by atoms with van der Waals surface area (Å²) in [5.74, 6) is 0.104. The third-order valence-electron chi connectivity index (χ3n) is 2.96. The Labute approximate surface area is 145 Å². The Morgan fingerprint density at radius 2 is 2.08 bits per heavy atom. The van der Waals surface area contributed by atoms with Gasteiger partial charge in [-0.15, -0.1) is 21.5 Å². The Morgan fingerprint density at radius 1 is 1.21 bits per heavy atom. The Hall–Kier alpha value is -2.45. The molecule has 9 heteroatoms. The first-order chi connectivity index (χ1) is 11.6. The Kier molecular flexibility index (Phi) is 5.07. The van der Waals surface area contributed by atoms with Crippen molar-refractivity contribution in [1.29, 1.82) is 0 Å². The van der Waals surface area contributed by atoms with Crippen molar-refractivity contribution in [2.75, 3.05) is 0 Å². The molecule has 0 aromatic carbocycles. The van der Waals surface area contributed by atoms with E-state index in [1.165, 1.54) is 17.6 Å². The van der Waals surface area contributed by atoms with Crippen LogP contribution in [0, 0.1) is 0 Å². The molecule has 0 aliphatic rings. The minimum absolute atomic E-state index is 0.0342. The van der Waals surface area contributed by atoms with Gasteiger partial charge in [0, 0.05) is 6.42 Å². The van der Waals surface area contributed by atoms with Gasteiger partial charge in [0.15, 0.2) is 18.2 Å². The zero-order valence-electron chi connectivity index (χ0n) is 12.2. The van der Waals surface area contributed by atoms with Crippen LogP contribution in [0.2, 0.25) is 4.34 Å². The van der Waals surface area contributed by atoms with Crippen LogP contribution in [0.25, 0.3) is 11.7 Å². The number of halogens is 1. The van der Waals surface area contributed by atoms with E-state index in [1.807, 2.05) is 0 Å². The smallest absolute Gasteiger partial charge is 0.306 e. The molecule has 3 aromatic heterocycles. The molecular formula is C15H11ClN2O5S. The van der Waals surface area contributed by atoms with E-state index >= 15 is 0 Å². The summed E-state index contributed by atoms with van der Waals surface area (Å²) in [7, 11) is 0. The molecule has 3 aromatic rings. The highest BCUT2D eigenvalue weighted by Gasteiger charge is 2.15. The SMILES string of the molecule is O=C(CCC(=O)c1ccc(Cl)s1)OCc1nnc(-c2ccco2)o1. The van der Waals surface area contributed by atoms with Gasteiger partial charge in [-0.2, -0.15) is 0 Å². The third-order valence-corrected chi connectivity index (χ3v) is 4.23. The summed E-state index contributed by atoms with van der Waals surface area (Å²) in [4.78, 5) is 24.1. The lowest BCUT2D eigenvalue weighted by atomic mass is 10.2. The molecule has 0 saturated heterocycles. The number of hydrogen-bond acceptors (Lipinski definition) is 8. The molecule has 0 N–H and O–H groups in total. The fraction of sp³-hybridized carbons (Fsp3) is 0.200. The van der Waals surface area contributed by atoms with Crippen LogP contribution in [0.4, 0.5) is 0 Å². The molecule has 0 atom stereocenters. The first-order valence-corrected chi connectivity index (χ1v) is 8.11. The van der Waals surface area contributed by atoms with E-state index < -0.39 is 5.97 Å². The quantitative estimate of drug-likeness (QED) is 0.464. The second kappa shape index (κ2) is 7.41. The van der Waals surface area contributed by atoms with E-state index in [0.29, 0.717) is 15.0 Å². The fourth-order valence-electron chi connectivity index (χ4n) is 1.83. The molecule has 0 unspecified atom stereocenters. The number of furan rings is 1. The van der Waals surface area contributed by atoms with Crippen molar-refractivity contribution in [3.63, 3.8) is 0 Å². The topological polar surface area (TPSA) is 95.4 Å². The monoisotopic (exact) mass is 366 g/mol. The lowest BCUT2D eigenvalue weighted by Crippen LogP contribution is -2.07. The zero-order valence-corrected chi connectivity index (χ0v) is 13.8. The number of carbonyl (C=O) groups is 2. The largest absolute Gasteiger partial charge is 0.459 e. The lowest BCUT2D eigenvalue weighted by Gasteiger charge is -2.01. The van der Waals surface area contributed by atoms with Gasteiger partial charge in [0.25, 0.3) is 11.8 Å². The van der Waals surface area contributed by atoms with Crippen LogP contribution in [-0.2, 0) is 16.1 Å². The van der Waals surface area contributed by atoms with Gasteiger partial charge >= 0.3 is 5.97 Å². The molecule has 124 valence electrons. The number of ether oxygens (including phenoxy) is 1. The van der Waals surface area contributed by atoms with Crippen LogP contribution < -0.4 is 0 Å². The molecule has 0 fully saturated rings. The normalized spacial score (nSPS) is 10.7. The number of carbonyl (C=O) groups excluding carboxylic acids is 2. The molecule has 3 rings (SSSR count). The molecule has 7 nitrogen and oxygen atoms in total. The Balaban J connectivity index is 1.45. The van der Waals surface area contributed by atoms with Gasteiger partial charge in [-0.3, -0.25) is 9.59 Å². The summed E-state index contributed by atoms with van der Waals surface area (Å²) in [6.07, 6.45) is 1.50. The first-order valence-electron chi connectivity index (χ1n) is 6.92. The van der Waals surface area contributed by atoms with Crippen molar-refractivity contribution in [1.82, 2.24) is 10.2 Å². The number of aromatic nitrogens is 2. The number of hydrogen-bond donors (Lipinski definition) is 0. The van der Waals surface area contributed by atoms with E-state index in [9.17, 15) is 9.59 Å². The van der Waals surface area contributed by atoms with Gasteiger partial charge in [0.1, 0.15) is 0 Å². The van der Waals surface area contributed by atoms with Crippen molar-refractivity contribution in [2.45, 2.75) is 19.4 Å². The van der Waals surface area contributed by atoms with E-state index in [0.717, 1.165) is 0 Å². The van der Waals surface area contributed by atoms with Gasteiger partial charge in [-0.05, 0) is 24.3 Å². The van der Waals surface area contributed by atoms with Crippen LogP contribution in [-0.4, -0.2) is 21.9 Å². The third kappa shape index (κ3) is 4.09. The fourth-order valence-corrected chi connectivity index (χ4v) is 2.84. The number of ketones is 1. The Morgan fingerprint density at radius 3 is 2.79 bits per heavy atom. The summed E-state index contributed by atoms with van der Waals surface area (Å²) in [6, 6.07) is 6.64. The van der Waals surface area contributed by atoms with Crippen molar-refractivity contribution in [3.8, 4) is 11.7 Å². The summed E-state index contributed by atoms with van der Waals surface area (Å²) in [5, 5.41) is 7.54. The van der Waals surface area contributed by atoms with Crippen LogP contribution in [0.3, 0.4) is 0 Å². The maximum Gasteiger partial charge on any atom is 0.306 e. The second-order valence-corrected chi connectivity index (χ2v) is 6.38. The minimum atomic E-state index is -0.524. The number of nitrogens with zero attached hydrogens (tertiary/aromatic N) is 2. The van der Waals surface area contributed by atoms with Crippen molar-refractivity contribution in [3.05, 3.63) is 45.6 Å². The number of thiophene rings is 1. The van der Waals surface area contributed by atoms with Crippen LogP contribution in [0.15, 0.2) is 39.4 Å². The highest BCUT2D eigenvalue weighted by Crippen LogP contribution is 2.23. The van der Waals surface area contributed by atoms with E-state index in [1.54, 1.807) is 24.3 Å². The van der Waals surface area contributed by atoms with Crippen LogP contribution in [0.5, 0.6) is 0 Å². The zero-order chi connectivity index (χ0) is 16.9. The molecule has 0 radical (unpaired) electrons. The van der Waals surface area contributed by atoms with Gasteiger partial charge < -0.3 is 13.6 Å². The molecule has 0 aliphatic carbocycles. The molecule has 0 bridgehead atoms. The van der Waals surface area contributed by atoms with E-state index in [2.05, 4.69) is 10.2 Å². The second-order valence-electron chi connectivity index (χ2n) is 4.67. The predicted octanol–water partition coefficient (Wildman–Crippen LogP) is 3.75. The molecule has 0 amide bonds. The van der Waals surface area contributed by atoms with Crippen molar-refractivity contribution >= 4 is 34.7 Å². The summed E-state index contributed by atoms with van der Waals surface area (Å²) in [5.41, 5.74) is 0. The predicted molar refractivity (Wildman–Crippen MR) is 84.7 cm³/mol.